The van der Waals surface area contributed by atoms with E-state index in [-0.39, 0.29) is 5.82 Å². The van der Waals surface area contributed by atoms with Crippen molar-refractivity contribution in [2.75, 3.05) is 0 Å². The summed E-state index contributed by atoms with van der Waals surface area (Å²) >= 11 is 9.32. The summed E-state index contributed by atoms with van der Waals surface area (Å²) < 4.78 is 13.8. The number of aryl methyl sites for hydroxylation is 1. The van der Waals surface area contributed by atoms with Gasteiger partial charge in [-0.2, -0.15) is 0 Å². The first kappa shape index (κ1) is 14.5. The van der Waals surface area contributed by atoms with Gasteiger partial charge in [-0.15, -0.1) is 0 Å². The summed E-state index contributed by atoms with van der Waals surface area (Å²) in [5, 5.41) is 10.8. The average molecular weight is 344 g/mol. The molecular weight excluding hydrogens is 331 g/mol. The number of aliphatic hydroxyl groups is 1. The lowest BCUT2D eigenvalue weighted by molar-refractivity contribution is 0.178. The summed E-state index contributed by atoms with van der Waals surface area (Å²) in [5.41, 5.74) is 2.51. The van der Waals surface area contributed by atoms with Gasteiger partial charge < -0.3 is 5.11 Å². The second-order valence-electron chi connectivity index (χ2n) is 4.46. The molecule has 0 radical (unpaired) electrons. The molecule has 0 bridgehead atoms. The van der Waals surface area contributed by atoms with Crippen LogP contribution >= 0.6 is 27.5 Å². The van der Waals surface area contributed by atoms with Crippen molar-refractivity contribution in [2.45, 2.75) is 19.4 Å². The van der Waals surface area contributed by atoms with E-state index in [0.29, 0.717) is 11.4 Å². The standard InChI is InChI=1S/C15H13BrClFO/c1-9-6-12(18)4-2-10(9)8-15(19)11-3-5-13(16)14(17)7-11/h2-7,15,19H,8H2,1H3. The molecule has 0 aromatic heterocycles. The molecule has 1 atom stereocenters. The smallest absolute Gasteiger partial charge is 0.123 e. The molecule has 0 amide bonds. The normalized spacial score (nSPS) is 12.5. The van der Waals surface area contributed by atoms with Crippen LogP contribution in [-0.4, -0.2) is 5.11 Å². The molecule has 2 rings (SSSR count). The molecule has 0 aliphatic carbocycles. The van der Waals surface area contributed by atoms with E-state index in [4.69, 9.17) is 11.6 Å². The van der Waals surface area contributed by atoms with Crippen LogP contribution < -0.4 is 0 Å². The minimum atomic E-state index is -0.658. The molecule has 0 aliphatic heterocycles. The molecule has 1 N–H and O–H groups in total. The molecule has 1 nitrogen and oxygen atoms in total. The Morgan fingerprint density at radius 3 is 2.63 bits per heavy atom. The van der Waals surface area contributed by atoms with Crippen LogP contribution in [0.3, 0.4) is 0 Å². The summed E-state index contributed by atoms with van der Waals surface area (Å²) in [6.45, 7) is 1.83. The van der Waals surface area contributed by atoms with Crippen molar-refractivity contribution in [3.05, 3.63) is 68.4 Å². The molecule has 0 heterocycles. The van der Waals surface area contributed by atoms with E-state index in [9.17, 15) is 9.50 Å². The van der Waals surface area contributed by atoms with Crippen LogP contribution in [0.25, 0.3) is 0 Å². The fourth-order valence-corrected chi connectivity index (χ4v) is 2.37. The number of rotatable bonds is 3. The molecule has 1 unspecified atom stereocenters. The lowest BCUT2D eigenvalue weighted by Crippen LogP contribution is -2.03. The number of aliphatic hydroxyl groups excluding tert-OH is 1. The third-order valence-corrected chi connectivity index (χ3v) is 4.28. The zero-order valence-electron chi connectivity index (χ0n) is 10.3. The summed E-state index contributed by atoms with van der Waals surface area (Å²) in [4.78, 5) is 0. The van der Waals surface area contributed by atoms with Gasteiger partial charge in [0, 0.05) is 10.9 Å². The highest BCUT2D eigenvalue weighted by molar-refractivity contribution is 9.10. The van der Waals surface area contributed by atoms with Crippen LogP contribution in [0.4, 0.5) is 4.39 Å². The highest BCUT2D eigenvalue weighted by atomic mass is 79.9. The maximum atomic E-state index is 13.0. The predicted molar refractivity (Wildman–Crippen MR) is 79.0 cm³/mol. The van der Waals surface area contributed by atoms with E-state index in [1.165, 1.54) is 12.1 Å². The van der Waals surface area contributed by atoms with E-state index < -0.39 is 6.10 Å². The molecule has 0 fully saturated rings. The Balaban J connectivity index is 2.20. The van der Waals surface area contributed by atoms with Crippen molar-refractivity contribution in [1.29, 1.82) is 0 Å². The summed E-state index contributed by atoms with van der Waals surface area (Å²) in [7, 11) is 0. The largest absolute Gasteiger partial charge is 0.388 e. The van der Waals surface area contributed by atoms with Gasteiger partial charge in [-0.3, -0.25) is 0 Å². The third-order valence-electron chi connectivity index (χ3n) is 3.05. The number of halogens is 3. The van der Waals surface area contributed by atoms with E-state index in [2.05, 4.69) is 15.9 Å². The zero-order valence-corrected chi connectivity index (χ0v) is 12.7. The van der Waals surface area contributed by atoms with E-state index in [0.717, 1.165) is 21.2 Å². The van der Waals surface area contributed by atoms with Crippen LogP contribution in [0.1, 0.15) is 22.8 Å². The molecule has 0 spiro atoms. The van der Waals surface area contributed by atoms with Crippen LogP contribution in [-0.2, 0) is 6.42 Å². The van der Waals surface area contributed by atoms with Gasteiger partial charge in [-0.25, -0.2) is 4.39 Å². The van der Waals surface area contributed by atoms with Gasteiger partial charge in [0.2, 0.25) is 0 Å². The van der Waals surface area contributed by atoms with Crippen molar-refractivity contribution in [3.8, 4) is 0 Å². The van der Waals surface area contributed by atoms with Crippen molar-refractivity contribution in [3.63, 3.8) is 0 Å². The molecule has 2 aromatic rings. The zero-order chi connectivity index (χ0) is 14.0. The minimum Gasteiger partial charge on any atom is -0.388 e. The van der Waals surface area contributed by atoms with E-state index in [1.807, 2.05) is 13.0 Å². The Morgan fingerprint density at radius 2 is 2.00 bits per heavy atom. The van der Waals surface area contributed by atoms with Crippen LogP contribution in [0.2, 0.25) is 5.02 Å². The molecular formula is C15H13BrClFO. The topological polar surface area (TPSA) is 20.2 Å². The van der Waals surface area contributed by atoms with Crippen LogP contribution in [0.5, 0.6) is 0 Å². The van der Waals surface area contributed by atoms with Gasteiger partial charge >= 0.3 is 0 Å². The fraction of sp³-hybridized carbons (Fsp3) is 0.200. The van der Waals surface area contributed by atoms with Gasteiger partial charge in [0.1, 0.15) is 5.82 Å². The van der Waals surface area contributed by atoms with Crippen LogP contribution in [0, 0.1) is 12.7 Å². The Labute approximate surface area is 125 Å². The second kappa shape index (κ2) is 6.04. The van der Waals surface area contributed by atoms with E-state index in [1.54, 1.807) is 18.2 Å². The summed E-state index contributed by atoms with van der Waals surface area (Å²) in [6.07, 6.45) is -0.223. The first-order chi connectivity index (χ1) is 8.97. The van der Waals surface area contributed by atoms with Crippen molar-refractivity contribution in [2.24, 2.45) is 0 Å². The number of hydrogen-bond donors (Lipinski definition) is 1. The Bertz CT molecular complexity index is 601. The lowest BCUT2D eigenvalue weighted by atomic mass is 9.98. The Morgan fingerprint density at radius 1 is 1.26 bits per heavy atom. The fourth-order valence-electron chi connectivity index (χ4n) is 1.93. The maximum Gasteiger partial charge on any atom is 0.123 e. The first-order valence-corrected chi connectivity index (χ1v) is 7.02. The molecule has 0 saturated carbocycles. The number of benzene rings is 2. The monoisotopic (exact) mass is 342 g/mol. The highest BCUT2D eigenvalue weighted by Gasteiger charge is 2.12. The van der Waals surface area contributed by atoms with Gasteiger partial charge in [0.05, 0.1) is 11.1 Å². The number of hydrogen-bond acceptors (Lipinski definition) is 1. The van der Waals surface area contributed by atoms with Crippen molar-refractivity contribution in [1.82, 2.24) is 0 Å². The highest BCUT2D eigenvalue weighted by Crippen LogP contribution is 2.28. The first-order valence-electron chi connectivity index (χ1n) is 5.85. The second-order valence-corrected chi connectivity index (χ2v) is 5.73. The van der Waals surface area contributed by atoms with Gasteiger partial charge in [0.25, 0.3) is 0 Å². The molecule has 100 valence electrons. The lowest BCUT2D eigenvalue weighted by Gasteiger charge is -2.13. The quantitative estimate of drug-likeness (QED) is 0.846. The molecule has 0 aliphatic rings. The Hall–Kier alpha value is -0.900. The minimum absolute atomic E-state index is 0.262. The van der Waals surface area contributed by atoms with Crippen molar-refractivity contribution >= 4 is 27.5 Å². The maximum absolute atomic E-state index is 13.0. The van der Waals surface area contributed by atoms with Crippen LogP contribution in [0.15, 0.2) is 40.9 Å². The van der Waals surface area contributed by atoms with Gasteiger partial charge in [0.15, 0.2) is 0 Å². The molecule has 2 aromatic carbocycles. The Kier molecular flexibility index (Phi) is 4.61. The third kappa shape index (κ3) is 3.56. The van der Waals surface area contributed by atoms with E-state index >= 15 is 0 Å². The summed E-state index contributed by atoms with van der Waals surface area (Å²) in [6, 6.07) is 9.93. The molecule has 4 heteroatoms. The van der Waals surface area contributed by atoms with Gasteiger partial charge in [-0.1, -0.05) is 23.7 Å². The van der Waals surface area contributed by atoms with Gasteiger partial charge in [-0.05, 0) is 63.8 Å². The molecule has 0 saturated heterocycles. The predicted octanol–water partition coefficient (Wildman–Crippen LogP) is 4.83. The summed E-state index contributed by atoms with van der Waals surface area (Å²) in [5.74, 6) is -0.262. The average Bonchev–Trinajstić information content (AvgIpc) is 2.36. The molecule has 19 heavy (non-hydrogen) atoms. The van der Waals surface area contributed by atoms with Crippen molar-refractivity contribution < 1.29 is 9.50 Å². The SMILES string of the molecule is Cc1cc(F)ccc1CC(O)c1ccc(Br)c(Cl)c1.